The second kappa shape index (κ2) is 4.96. The number of rotatable bonds is 2. The fraction of sp³-hybridized carbons (Fsp3) is 0.571. The maximum absolute atomic E-state index is 13.1. The van der Waals surface area contributed by atoms with E-state index in [1.165, 1.54) is 6.07 Å². The topological polar surface area (TPSA) is 21.7 Å². The van der Waals surface area contributed by atoms with Gasteiger partial charge in [0.2, 0.25) is 0 Å². The van der Waals surface area contributed by atoms with E-state index in [-0.39, 0.29) is 11.6 Å². The maximum atomic E-state index is 13.1. The number of halogens is 1. The molecular formula is C14H18FNO2. The van der Waals surface area contributed by atoms with Crippen molar-refractivity contribution in [1.82, 2.24) is 4.90 Å². The van der Waals surface area contributed by atoms with Crippen LogP contribution in [0, 0.1) is 5.82 Å². The van der Waals surface area contributed by atoms with Crippen LogP contribution in [0.1, 0.15) is 18.4 Å². The van der Waals surface area contributed by atoms with Gasteiger partial charge in [-0.05, 0) is 17.7 Å². The zero-order valence-corrected chi connectivity index (χ0v) is 10.4. The summed E-state index contributed by atoms with van der Waals surface area (Å²) >= 11 is 0. The summed E-state index contributed by atoms with van der Waals surface area (Å²) in [6.07, 6.45) is 1.81. The van der Waals surface area contributed by atoms with Gasteiger partial charge in [-0.2, -0.15) is 0 Å². The summed E-state index contributed by atoms with van der Waals surface area (Å²) in [5, 5.41) is 0. The molecule has 1 aromatic carbocycles. The molecule has 2 fully saturated rings. The Kier molecular flexibility index (Phi) is 3.33. The summed E-state index contributed by atoms with van der Waals surface area (Å²) in [5.41, 5.74) is 1.03. The van der Waals surface area contributed by atoms with Crippen LogP contribution in [0.5, 0.6) is 0 Å². The highest BCUT2D eigenvalue weighted by Crippen LogP contribution is 2.31. The van der Waals surface area contributed by atoms with Crippen LogP contribution in [-0.2, 0) is 16.0 Å². The highest BCUT2D eigenvalue weighted by atomic mass is 19.1. The van der Waals surface area contributed by atoms with Gasteiger partial charge in [-0.1, -0.05) is 12.1 Å². The Labute approximate surface area is 106 Å². The second-order valence-corrected chi connectivity index (χ2v) is 5.01. The molecule has 0 N–H and O–H groups in total. The lowest BCUT2D eigenvalue weighted by molar-refractivity contribution is -0.185. The van der Waals surface area contributed by atoms with E-state index in [2.05, 4.69) is 4.90 Å². The van der Waals surface area contributed by atoms with Crippen molar-refractivity contribution in [3.05, 3.63) is 35.6 Å². The quantitative estimate of drug-likeness (QED) is 0.804. The molecule has 0 saturated carbocycles. The predicted octanol–water partition coefficient (Wildman–Crippen LogP) is 2.16. The van der Waals surface area contributed by atoms with Crippen LogP contribution in [-0.4, -0.2) is 37.0 Å². The third-order valence-corrected chi connectivity index (χ3v) is 3.73. The zero-order chi connectivity index (χ0) is 12.4. The van der Waals surface area contributed by atoms with Crippen molar-refractivity contribution >= 4 is 0 Å². The first-order valence-corrected chi connectivity index (χ1v) is 6.51. The van der Waals surface area contributed by atoms with Gasteiger partial charge in [0.25, 0.3) is 0 Å². The molecular weight excluding hydrogens is 233 g/mol. The van der Waals surface area contributed by atoms with Crippen molar-refractivity contribution in [3.63, 3.8) is 0 Å². The highest BCUT2D eigenvalue weighted by molar-refractivity contribution is 5.16. The lowest BCUT2D eigenvalue weighted by Crippen LogP contribution is -2.44. The molecule has 0 bridgehead atoms. The largest absolute Gasteiger partial charge is 0.347 e. The molecule has 1 spiro atoms. The van der Waals surface area contributed by atoms with Crippen LogP contribution < -0.4 is 0 Å². The minimum atomic E-state index is -0.321. The summed E-state index contributed by atoms with van der Waals surface area (Å²) in [6.45, 7) is 4.11. The molecule has 2 saturated heterocycles. The van der Waals surface area contributed by atoms with Gasteiger partial charge < -0.3 is 9.47 Å². The Balaban J connectivity index is 1.57. The predicted molar refractivity (Wildman–Crippen MR) is 65.5 cm³/mol. The summed E-state index contributed by atoms with van der Waals surface area (Å²) in [4.78, 5) is 2.32. The van der Waals surface area contributed by atoms with Gasteiger partial charge >= 0.3 is 0 Å². The minimum absolute atomic E-state index is 0.163. The molecule has 0 aromatic heterocycles. The number of piperidine rings is 1. The Bertz CT molecular complexity index is 408. The molecule has 0 radical (unpaired) electrons. The van der Waals surface area contributed by atoms with Gasteiger partial charge in [-0.25, -0.2) is 4.39 Å². The first kappa shape index (κ1) is 12.1. The maximum Gasteiger partial charge on any atom is 0.170 e. The summed E-state index contributed by atoms with van der Waals surface area (Å²) in [7, 11) is 0. The van der Waals surface area contributed by atoms with Crippen LogP contribution in [0.2, 0.25) is 0 Å². The van der Waals surface area contributed by atoms with Crippen LogP contribution in [0.3, 0.4) is 0 Å². The normalized spacial score (nSPS) is 23.6. The third kappa shape index (κ3) is 2.55. The van der Waals surface area contributed by atoms with E-state index >= 15 is 0 Å². The van der Waals surface area contributed by atoms with E-state index in [4.69, 9.17) is 9.47 Å². The second-order valence-electron chi connectivity index (χ2n) is 5.01. The van der Waals surface area contributed by atoms with Crippen molar-refractivity contribution in [3.8, 4) is 0 Å². The molecule has 3 nitrogen and oxygen atoms in total. The average Bonchev–Trinajstić information content (AvgIpc) is 2.81. The van der Waals surface area contributed by atoms with Crippen LogP contribution in [0.25, 0.3) is 0 Å². The van der Waals surface area contributed by atoms with E-state index in [0.29, 0.717) is 13.2 Å². The fourth-order valence-electron chi connectivity index (χ4n) is 2.73. The zero-order valence-electron chi connectivity index (χ0n) is 10.4. The SMILES string of the molecule is Fc1cccc(CN2CCC3(CC2)OCCO3)c1. The number of ether oxygens (including phenoxy) is 2. The molecule has 3 rings (SSSR count). The van der Waals surface area contributed by atoms with Crippen molar-refractivity contribution in [2.24, 2.45) is 0 Å². The van der Waals surface area contributed by atoms with E-state index in [0.717, 1.165) is 38.0 Å². The van der Waals surface area contributed by atoms with E-state index in [9.17, 15) is 4.39 Å². The molecule has 2 heterocycles. The van der Waals surface area contributed by atoms with Crippen LogP contribution in [0.15, 0.2) is 24.3 Å². The monoisotopic (exact) mass is 251 g/mol. The molecule has 18 heavy (non-hydrogen) atoms. The van der Waals surface area contributed by atoms with Gasteiger partial charge in [0.15, 0.2) is 5.79 Å². The van der Waals surface area contributed by atoms with E-state index in [1.807, 2.05) is 6.07 Å². The highest BCUT2D eigenvalue weighted by Gasteiger charge is 2.39. The molecule has 4 heteroatoms. The molecule has 0 atom stereocenters. The van der Waals surface area contributed by atoms with Crippen molar-refractivity contribution in [1.29, 1.82) is 0 Å². The molecule has 2 aliphatic rings. The Hall–Kier alpha value is -0.970. The Morgan fingerprint density at radius 2 is 1.89 bits per heavy atom. The van der Waals surface area contributed by atoms with Gasteiger partial charge in [0.05, 0.1) is 13.2 Å². The van der Waals surface area contributed by atoms with Gasteiger partial charge in [0, 0.05) is 32.5 Å². The van der Waals surface area contributed by atoms with Crippen LogP contribution in [0.4, 0.5) is 4.39 Å². The first-order chi connectivity index (χ1) is 8.76. The Morgan fingerprint density at radius 3 is 2.56 bits per heavy atom. The lowest BCUT2D eigenvalue weighted by Gasteiger charge is -2.37. The molecule has 0 amide bonds. The van der Waals surface area contributed by atoms with Gasteiger partial charge in [0.1, 0.15) is 5.82 Å². The first-order valence-electron chi connectivity index (χ1n) is 6.51. The smallest absolute Gasteiger partial charge is 0.170 e. The summed E-state index contributed by atoms with van der Waals surface area (Å²) in [6, 6.07) is 6.82. The van der Waals surface area contributed by atoms with Crippen LogP contribution >= 0.6 is 0 Å². The third-order valence-electron chi connectivity index (χ3n) is 3.73. The standard InChI is InChI=1S/C14H18FNO2/c15-13-3-1-2-12(10-13)11-16-6-4-14(5-7-16)17-8-9-18-14/h1-3,10H,4-9,11H2. The van der Waals surface area contributed by atoms with Gasteiger partial charge in [-0.15, -0.1) is 0 Å². The number of hydrogen-bond acceptors (Lipinski definition) is 3. The molecule has 1 aromatic rings. The fourth-order valence-corrected chi connectivity index (χ4v) is 2.73. The summed E-state index contributed by atoms with van der Waals surface area (Å²) in [5.74, 6) is -0.484. The van der Waals surface area contributed by atoms with Crippen molar-refractivity contribution in [2.45, 2.75) is 25.2 Å². The lowest BCUT2D eigenvalue weighted by atomic mass is 10.0. The molecule has 2 aliphatic heterocycles. The van der Waals surface area contributed by atoms with Gasteiger partial charge in [-0.3, -0.25) is 4.90 Å². The van der Waals surface area contributed by atoms with E-state index < -0.39 is 0 Å². The average molecular weight is 251 g/mol. The molecule has 0 unspecified atom stereocenters. The van der Waals surface area contributed by atoms with E-state index in [1.54, 1.807) is 12.1 Å². The number of hydrogen-bond donors (Lipinski definition) is 0. The van der Waals surface area contributed by atoms with Crippen molar-refractivity contribution < 1.29 is 13.9 Å². The van der Waals surface area contributed by atoms with Crippen molar-refractivity contribution in [2.75, 3.05) is 26.3 Å². The molecule has 98 valence electrons. The Morgan fingerprint density at radius 1 is 1.17 bits per heavy atom. The number of nitrogens with zero attached hydrogens (tertiary/aromatic N) is 1. The minimum Gasteiger partial charge on any atom is -0.347 e. The molecule has 0 aliphatic carbocycles. The number of likely N-dealkylation sites (tertiary alicyclic amines) is 1. The summed E-state index contributed by atoms with van der Waals surface area (Å²) < 4.78 is 24.5. The number of benzene rings is 1.